The average Bonchev–Trinajstić information content (AvgIpc) is 2.47. The van der Waals surface area contributed by atoms with E-state index in [9.17, 15) is 12.8 Å². The van der Waals surface area contributed by atoms with Crippen LogP contribution in [0.3, 0.4) is 0 Å². The molecule has 0 unspecified atom stereocenters. The van der Waals surface area contributed by atoms with Gasteiger partial charge in [0.15, 0.2) is 0 Å². The second-order valence-electron chi connectivity index (χ2n) is 4.36. The van der Waals surface area contributed by atoms with Gasteiger partial charge in [-0.1, -0.05) is 19.1 Å². The number of benzene rings is 1. The van der Waals surface area contributed by atoms with Crippen LogP contribution < -0.4 is 10.0 Å². The van der Waals surface area contributed by atoms with Crippen LogP contribution in [0, 0.1) is 5.82 Å². The van der Waals surface area contributed by atoms with Crippen LogP contribution in [0.15, 0.2) is 47.5 Å². The van der Waals surface area contributed by atoms with Crippen molar-refractivity contribution in [3.63, 3.8) is 0 Å². The lowest BCUT2D eigenvalue weighted by Crippen LogP contribution is -2.17. The van der Waals surface area contributed by atoms with Crippen LogP contribution >= 0.6 is 0 Å². The molecular formula is C14H16FN3O2S. The van der Waals surface area contributed by atoms with Gasteiger partial charge in [0.2, 0.25) is 0 Å². The fourth-order valence-corrected chi connectivity index (χ4v) is 2.93. The van der Waals surface area contributed by atoms with Crippen molar-refractivity contribution in [1.82, 2.24) is 4.98 Å². The third-order valence-corrected chi connectivity index (χ3v) is 4.12. The summed E-state index contributed by atoms with van der Waals surface area (Å²) in [6.07, 6.45) is 2.33. The fourth-order valence-electron chi connectivity index (χ4n) is 1.73. The minimum atomic E-state index is -3.91. The van der Waals surface area contributed by atoms with Gasteiger partial charge in [0.1, 0.15) is 16.5 Å². The van der Waals surface area contributed by atoms with Gasteiger partial charge in [0.25, 0.3) is 10.0 Å². The Balaban J connectivity index is 2.34. The normalized spacial score (nSPS) is 11.1. The molecule has 0 saturated carbocycles. The quantitative estimate of drug-likeness (QED) is 0.861. The highest BCUT2D eigenvalue weighted by Crippen LogP contribution is 2.22. The second kappa shape index (κ2) is 6.53. The van der Waals surface area contributed by atoms with Gasteiger partial charge >= 0.3 is 0 Å². The fraction of sp³-hybridized carbons (Fsp3) is 0.214. The zero-order valence-electron chi connectivity index (χ0n) is 11.5. The number of halogens is 1. The number of pyridine rings is 1. The van der Waals surface area contributed by atoms with Crippen molar-refractivity contribution in [3.05, 3.63) is 48.4 Å². The van der Waals surface area contributed by atoms with E-state index in [0.29, 0.717) is 6.54 Å². The lowest BCUT2D eigenvalue weighted by Gasteiger charge is -2.12. The number of para-hydroxylation sites is 1. The Bertz CT molecular complexity index is 720. The molecule has 0 fully saturated rings. The van der Waals surface area contributed by atoms with Crippen molar-refractivity contribution < 1.29 is 12.8 Å². The summed E-state index contributed by atoms with van der Waals surface area (Å²) in [4.78, 5) is 4.01. The van der Waals surface area contributed by atoms with Gasteiger partial charge in [-0.2, -0.15) is 0 Å². The van der Waals surface area contributed by atoms with Crippen LogP contribution in [0.4, 0.5) is 15.9 Å². The molecule has 2 N–H and O–H groups in total. The Morgan fingerprint density at radius 3 is 2.67 bits per heavy atom. The minimum Gasteiger partial charge on any atom is -0.369 e. The van der Waals surface area contributed by atoms with E-state index < -0.39 is 15.8 Å². The van der Waals surface area contributed by atoms with Gasteiger partial charge in [-0.05, 0) is 30.7 Å². The molecule has 1 heterocycles. The molecule has 7 heteroatoms. The van der Waals surface area contributed by atoms with E-state index in [2.05, 4.69) is 15.0 Å². The SMILES string of the molecule is CCCNc1ncccc1S(=O)(=O)Nc1ccccc1F. The van der Waals surface area contributed by atoms with Crippen LogP contribution in [-0.4, -0.2) is 19.9 Å². The summed E-state index contributed by atoms with van der Waals surface area (Å²) >= 11 is 0. The van der Waals surface area contributed by atoms with Crippen LogP contribution in [0.5, 0.6) is 0 Å². The molecule has 0 saturated heterocycles. The smallest absolute Gasteiger partial charge is 0.265 e. The molecule has 0 amide bonds. The summed E-state index contributed by atoms with van der Waals surface area (Å²) in [5.74, 6) is -0.378. The first kappa shape index (κ1) is 15.2. The zero-order valence-corrected chi connectivity index (χ0v) is 12.3. The summed E-state index contributed by atoms with van der Waals surface area (Å²) in [6, 6.07) is 8.55. The molecule has 0 bridgehead atoms. The summed E-state index contributed by atoms with van der Waals surface area (Å²) in [7, 11) is -3.91. The van der Waals surface area contributed by atoms with Crippen LogP contribution in [0.1, 0.15) is 13.3 Å². The highest BCUT2D eigenvalue weighted by molar-refractivity contribution is 7.92. The van der Waals surface area contributed by atoms with Crippen LogP contribution in [-0.2, 0) is 10.0 Å². The third-order valence-electron chi connectivity index (χ3n) is 2.72. The minimum absolute atomic E-state index is 0.0123. The first-order valence-corrected chi connectivity index (χ1v) is 7.99. The van der Waals surface area contributed by atoms with Crippen molar-refractivity contribution in [3.8, 4) is 0 Å². The van der Waals surface area contributed by atoms with E-state index >= 15 is 0 Å². The number of sulfonamides is 1. The molecule has 0 atom stereocenters. The van der Waals surface area contributed by atoms with E-state index in [1.807, 2.05) is 6.92 Å². The van der Waals surface area contributed by atoms with Crippen LogP contribution in [0.25, 0.3) is 0 Å². The molecule has 1 aromatic carbocycles. The van der Waals surface area contributed by atoms with E-state index in [0.717, 1.165) is 6.42 Å². The molecule has 0 radical (unpaired) electrons. The average molecular weight is 309 g/mol. The van der Waals surface area contributed by atoms with Crippen molar-refractivity contribution in [2.75, 3.05) is 16.6 Å². The number of hydrogen-bond acceptors (Lipinski definition) is 4. The van der Waals surface area contributed by atoms with Gasteiger partial charge in [0.05, 0.1) is 5.69 Å². The highest BCUT2D eigenvalue weighted by atomic mass is 32.2. The number of anilines is 2. The van der Waals surface area contributed by atoms with Gasteiger partial charge in [-0.25, -0.2) is 17.8 Å². The molecule has 0 aliphatic rings. The molecule has 2 aromatic rings. The van der Waals surface area contributed by atoms with Gasteiger partial charge in [0, 0.05) is 12.7 Å². The molecule has 2 rings (SSSR count). The van der Waals surface area contributed by atoms with E-state index in [1.54, 1.807) is 6.07 Å². The maximum Gasteiger partial charge on any atom is 0.265 e. The number of rotatable bonds is 6. The molecular weight excluding hydrogens is 293 g/mol. The highest BCUT2D eigenvalue weighted by Gasteiger charge is 2.20. The molecule has 21 heavy (non-hydrogen) atoms. The first-order valence-electron chi connectivity index (χ1n) is 6.51. The first-order chi connectivity index (χ1) is 10.0. The lowest BCUT2D eigenvalue weighted by atomic mass is 10.3. The van der Waals surface area contributed by atoms with Crippen molar-refractivity contribution in [1.29, 1.82) is 0 Å². The van der Waals surface area contributed by atoms with Crippen molar-refractivity contribution in [2.24, 2.45) is 0 Å². The molecule has 0 spiro atoms. The number of hydrogen-bond donors (Lipinski definition) is 2. The summed E-state index contributed by atoms with van der Waals surface area (Å²) in [6.45, 7) is 2.56. The molecule has 5 nitrogen and oxygen atoms in total. The topological polar surface area (TPSA) is 71.1 Å². The molecule has 112 valence electrons. The standard InChI is InChI=1S/C14H16FN3O2S/c1-2-9-16-14-13(8-5-10-17-14)21(19,20)18-12-7-4-3-6-11(12)15/h3-8,10,18H,2,9H2,1H3,(H,16,17). The van der Waals surface area contributed by atoms with Crippen molar-refractivity contribution in [2.45, 2.75) is 18.2 Å². The molecule has 1 aromatic heterocycles. The lowest BCUT2D eigenvalue weighted by molar-refractivity contribution is 0.598. The molecule has 0 aliphatic carbocycles. The number of nitrogens with zero attached hydrogens (tertiary/aromatic N) is 1. The number of aromatic nitrogens is 1. The summed E-state index contributed by atoms with van der Waals surface area (Å²) < 4.78 is 40.6. The van der Waals surface area contributed by atoms with E-state index in [1.165, 1.54) is 36.5 Å². The summed E-state index contributed by atoms with van der Waals surface area (Å²) in [5.41, 5.74) is -0.0946. The predicted molar refractivity (Wildman–Crippen MR) is 80.2 cm³/mol. The Hall–Kier alpha value is -2.15. The number of nitrogens with one attached hydrogen (secondary N) is 2. The second-order valence-corrected chi connectivity index (χ2v) is 6.01. The van der Waals surface area contributed by atoms with Gasteiger partial charge in [-0.3, -0.25) is 4.72 Å². The zero-order chi connectivity index (χ0) is 15.3. The predicted octanol–water partition coefficient (Wildman–Crippen LogP) is 2.84. The monoisotopic (exact) mass is 309 g/mol. The molecule has 0 aliphatic heterocycles. The summed E-state index contributed by atoms with van der Waals surface area (Å²) in [5, 5.41) is 2.95. The maximum atomic E-state index is 13.6. The van der Waals surface area contributed by atoms with Crippen molar-refractivity contribution >= 4 is 21.5 Å². The Kier molecular flexibility index (Phi) is 4.74. The maximum absolute atomic E-state index is 13.6. The van der Waals surface area contributed by atoms with Gasteiger partial charge in [-0.15, -0.1) is 0 Å². The van der Waals surface area contributed by atoms with E-state index in [-0.39, 0.29) is 16.4 Å². The third kappa shape index (κ3) is 3.69. The largest absolute Gasteiger partial charge is 0.369 e. The Morgan fingerprint density at radius 1 is 1.19 bits per heavy atom. The van der Waals surface area contributed by atoms with Gasteiger partial charge < -0.3 is 5.32 Å². The van der Waals surface area contributed by atoms with Crippen LogP contribution in [0.2, 0.25) is 0 Å². The Labute approximate surface area is 123 Å². The Morgan fingerprint density at radius 2 is 1.95 bits per heavy atom. The van der Waals surface area contributed by atoms with E-state index in [4.69, 9.17) is 0 Å².